The molecule has 2 N–H and O–H groups in total. The van der Waals surface area contributed by atoms with Gasteiger partial charge < -0.3 is 14.9 Å². The Balaban J connectivity index is 1.63. The van der Waals surface area contributed by atoms with Crippen LogP contribution in [0.25, 0.3) is 0 Å². The molecular formula is C24H42N4O4S. The first kappa shape index (κ1) is 27.5. The summed E-state index contributed by atoms with van der Waals surface area (Å²) in [4.78, 5) is 43.2. The van der Waals surface area contributed by atoms with Gasteiger partial charge in [-0.15, -0.1) is 0 Å². The lowest BCUT2D eigenvalue weighted by Crippen LogP contribution is -2.63. The van der Waals surface area contributed by atoms with Crippen molar-refractivity contribution in [1.29, 1.82) is 0 Å². The van der Waals surface area contributed by atoms with Gasteiger partial charge in [-0.3, -0.25) is 14.9 Å². The van der Waals surface area contributed by atoms with E-state index in [1.54, 1.807) is 7.05 Å². The molecule has 2 aliphatic heterocycles. The second-order valence-corrected chi connectivity index (χ2v) is 10.1. The van der Waals surface area contributed by atoms with Gasteiger partial charge in [-0.05, 0) is 6.42 Å². The van der Waals surface area contributed by atoms with E-state index in [0.717, 1.165) is 31.0 Å². The molecule has 2 heterocycles. The maximum atomic E-state index is 12.5. The standard InChI is InChI=1S/C24H42N4O4S/c1-3-4-5-6-7-8-9-10-11-12-13-14-15-16-17-28-20-21(25-24(28)33-18-19(29)30)27(2)23(32)26-22(20)31/h20-21H,3-18H2,1-2H3,(H,29,30)(H,26,31,32). The summed E-state index contributed by atoms with van der Waals surface area (Å²) in [5, 5.41) is 12.0. The average Bonchev–Trinajstić information content (AvgIpc) is 3.15. The van der Waals surface area contributed by atoms with E-state index in [1.807, 2.05) is 4.90 Å². The molecule has 188 valence electrons. The number of carbonyl (C=O) groups is 3. The van der Waals surface area contributed by atoms with Gasteiger partial charge in [0.1, 0.15) is 0 Å². The van der Waals surface area contributed by atoms with Crippen molar-refractivity contribution in [3.63, 3.8) is 0 Å². The first-order valence-electron chi connectivity index (χ1n) is 12.7. The predicted molar refractivity (Wildman–Crippen MR) is 133 cm³/mol. The monoisotopic (exact) mass is 482 g/mol. The molecule has 3 amide bonds. The fourth-order valence-electron chi connectivity index (χ4n) is 4.46. The van der Waals surface area contributed by atoms with Gasteiger partial charge in [-0.2, -0.15) is 0 Å². The lowest BCUT2D eigenvalue weighted by molar-refractivity contribution is -0.134. The molecule has 0 aromatic carbocycles. The molecule has 0 bridgehead atoms. The van der Waals surface area contributed by atoms with E-state index in [4.69, 9.17) is 5.11 Å². The minimum Gasteiger partial charge on any atom is -0.481 e. The Labute approximate surface area is 202 Å². The number of carboxylic acid groups (broad SMARTS) is 1. The summed E-state index contributed by atoms with van der Waals surface area (Å²) in [6, 6.07) is -1.04. The zero-order valence-electron chi connectivity index (χ0n) is 20.4. The van der Waals surface area contributed by atoms with E-state index in [-0.39, 0.29) is 11.7 Å². The molecule has 0 saturated carbocycles. The van der Waals surface area contributed by atoms with E-state index < -0.39 is 24.2 Å². The molecular weight excluding hydrogens is 440 g/mol. The number of hydrogen-bond donors (Lipinski definition) is 2. The summed E-state index contributed by atoms with van der Waals surface area (Å²) < 4.78 is 0. The van der Waals surface area contributed by atoms with Gasteiger partial charge in [0.05, 0.1) is 5.75 Å². The maximum Gasteiger partial charge on any atom is 0.325 e. The van der Waals surface area contributed by atoms with Crippen molar-refractivity contribution >= 4 is 34.8 Å². The Morgan fingerprint density at radius 2 is 1.45 bits per heavy atom. The predicted octanol–water partition coefficient (Wildman–Crippen LogP) is 4.83. The molecule has 0 radical (unpaired) electrons. The molecule has 2 rings (SSSR count). The van der Waals surface area contributed by atoms with E-state index in [1.165, 1.54) is 75.5 Å². The SMILES string of the molecule is CCCCCCCCCCCCCCCCN1C(SCC(=O)O)=NC2C1C(=O)NC(=O)N2C. The smallest absolute Gasteiger partial charge is 0.325 e. The first-order chi connectivity index (χ1) is 16.0. The van der Waals surface area contributed by atoms with Gasteiger partial charge in [0.25, 0.3) is 5.91 Å². The summed E-state index contributed by atoms with van der Waals surface area (Å²) in [5.74, 6) is -1.40. The van der Waals surface area contributed by atoms with E-state index >= 15 is 0 Å². The van der Waals surface area contributed by atoms with Crippen molar-refractivity contribution in [3.05, 3.63) is 0 Å². The highest BCUT2D eigenvalue weighted by molar-refractivity contribution is 8.14. The first-order valence-corrected chi connectivity index (χ1v) is 13.7. The van der Waals surface area contributed by atoms with Crippen LogP contribution in [0.2, 0.25) is 0 Å². The molecule has 0 spiro atoms. The quantitative estimate of drug-likeness (QED) is 0.288. The minimum absolute atomic E-state index is 0.118. The third-order valence-electron chi connectivity index (χ3n) is 6.40. The number of aliphatic imine (C=N–C) groups is 1. The number of unbranched alkanes of at least 4 members (excludes halogenated alkanes) is 13. The zero-order valence-corrected chi connectivity index (χ0v) is 21.2. The number of rotatable bonds is 17. The highest BCUT2D eigenvalue weighted by Gasteiger charge is 2.48. The fraction of sp³-hybridized carbons (Fsp3) is 0.833. The van der Waals surface area contributed by atoms with Crippen LogP contribution in [0.5, 0.6) is 0 Å². The maximum absolute atomic E-state index is 12.5. The molecule has 1 fully saturated rings. The summed E-state index contributed by atoms with van der Waals surface area (Å²) >= 11 is 1.12. The van der Waals surface area contributed by atoms with Gasteiger partial charge >= 0.3 is 12.0 Å². The highest BCUT2D eigenvalue weighted by Crippen LogP contribution is 2.29. The van der Waals surface area contributed by atoms with Gasteiger partial charge in [0, 0.05) is 13.6 Å². The van der Waals surface area contributed by atoms with Crippen LogP contribution < -0.4 is 5.32 Å². The van der Waals surface area contributed by atoms with E-state index in [2.05, 4.69) is 17.2 Å². The van der Waals surface area contributed by atoms with Crippen LogP contribution in [-0.4, -0.2) is 69.5 Å². The number of nitrogens with zero attached hydrogens (tertiary/aromatic N) is 3. The summed E-state index contributed by atoms with van der Waals surface area (Å²) in [6.07, 6.45) is 17.3. The minimum atomic E-state index is -0.928. The number of carboxylic acids is 1. The Morgan fingerprint density at radius 3 is 1.97 bits per heavy atom. The Hall–Kier alpha value is -1.77. The van der Waals surface area contributed by atoms with E-state index in [9.17, 15) is 14.4 Å². The number of thioether (sulfide) groups is 1. The van der Waals surface area contributed by atoms with Gasteiger partial charge in [0.15, 0.2) is 17.4 Å². The third kappa shape index (κ3) is 9.18. The molecule has 9 heteroatoms. The number of urea groups is 1. The number of hydrogen-bond acceptors (Lipinski definition) is 6. The second-order valence-electron chi connectivity index (χ2n) is 9.15. The summed E-state index contributed by atoms with van der Waals surface area (Å²) in [5.41, 5.74) is 0. The van der Waals surface area contributed by atoms with Gasteiger partial charge in [-0.25, -0.2) is 9.79 Å². The van der Waals surface area contributed by atoms with Gasteiger partial charge in [0.2, 0.25) is 0 Å². The Morgan fingerprint density at radius 1 is 0.939 bits per heavy atom. The number of imide groups is 1. The highest BCUT2D eigenvalue weighted by atomic mass is 32.2. The van der Waals surface area contributed by atoms with Crippen molar-refractivity contribution in [2.75, 3.05) is 19.3 Å². The van der Waals surface area contributed by atoms with E-state index in [0.29, 0.717) is 11.7 Å². The van der Waals surface area contributed by atoms with Crippen LogP contribution in [-0.2, 0) is 9.59 Å². The van der Waals surface area contributed by atoms with Crippen molar-refractivity contribution in [3.8, 4) is 0 Å². The Bertz CT molecular complexity index is 673. The van der Waals surface area contributed by atoms with Crippen molar-refractivity contribution < 1.29 is 19.5 Å². The van der Waals surface area contributed by atoms with Crippen LogP contribution in [0.4, 0.5) is 4.79 Å². The summed E-state index contributed by atoms with van der Waals surface area (Å²) in [6.45, 7) is 2.89. The topological polar surface area (TPSA) is 102 Å². The number of fused-ring (bicyclic) bond motifs is 1. The number of likely N-dealkylation sites (N-methyl/N-ethyl adjacent to an activating group) is 1. The molecule has 1 saturated heterocycles. The molecule has 2 aliphatic rings. The van der Waals surface area contributed by atoms with Crippen LogP contribution in [0.3, 0.4) is 0 Å². The molecule has 0 aromatic heterocycles. The third-order valence-corrected chi connectivity index (χ3v) is 7.39. The molecule has 33 heavy (non-hydrogen) atoms. The van der Waals surface area contributed by atoms with Crippen LogP contribution in [0, 0.1) is 0 Å². The lowest BCUT2D eigenvalue weighted by Gasteiger charge is -2.36. The molecule has 2 atom stereocenters. The number of amidine groups is 1. The Kier molecular flexibility index (Phi) is 12.6. The van der Waals surface area contributed by atoms with Crippen molar-refractivity contribution in [2.45, 2.75) is 109 Å². The molecule has 0 aliphatic carbocycles. The number of nitrogens with one attached hydrogen (secondary N) is 1. The second kappa shape index (κ2) is 15.2. The molecule has 0 aromatic rings. The molecule has 8 nitrogen and oxygen atoms in total. The summed E-state index contributed by atoms with van der Waals surface area (Å²) in [7, 11) is 1.61. The average molecular weight is 483 g/mol. The largest absolute Gasteiger partial charge is 0.481 e. The van der Waals surface area contributed by atoms with Gasteiger partial charge in [-0.1, -0.05) is 102 Å². The fourth-order valence-corrected chi connectivity index (χ4v) is 5.26. The lowest BCUT2D eigenvalue weighted by atomic mass is 10.0. The van der Waals surface area contributed by atoms with Crippen molar-refractivity contribution in [2.24, 2.45) is 4.99 Å². The van der Waals surface area contributed by atoms with Crippen LogP contribution in [0.15, 0.2) is 4.99 Å². The van der Waals surface area contributed by atoms with Crippen LogP contribution in [0.1, 0.15) is 96.8 Å². The number of aliphatic carboxylic acids is 1. The normalized spacial score (nSPS) is 20.1. The number of amides is 3. The molecule has 2 unspecified atom stereocenters. The zero-order chi connectivity index (χ0) is 24.1. The number of carbonyl (C=O) groups excluding carboxylic acids is 2. The van der Waals surface area contributed by atoms with Crippen LogP contribution >= 0.6 is 11.8 Å². The van der Waals surface area contributed by atoms with Crippen molar-refractivity contribution in [1.82, 2.24) is 15.1 Å².